The normalized spacial score (nSPS) is 10.4. The molecule has 1 N–H and O–H groups in total. The summed E-state index contributed by atoms with van der Waals surface area (Å²) in [6.07, 6.45) is 3.47. The molecule has 2 aromatic heterocycles. The number of aromatic nitrogens is 2. The fourth-order valence-corrected chi connectivity index (χ4v) is 3.02. The van der Waals surface area contributed by atoms with Gasteiger partial charge in [0.2, 0.25) is 0 Å². The molecule has 3 aromatic rings. The maximum atomic E-state index is 12.4. The first-order valence-corrected chi connectivity index (χ1v) is 8.20. The zero-order valence-electron chi connectivity index (χ0n) is 12.6. The summed E-state index contributed by atoms with van der Waals surface area (Å²) in [7, 11) is 0. The van der Waals surface area contributed by atoms with E-state index in [-0.39, 0.29) is 5.91 Å². The third-order valence-corrected chi connectivity index (χ3v) is 4.23. The van der Waals surface area contributed by atoms with E-state index < -0.39 is 0 Å². The Balaban J connectivity index is 1.93. The van der Waals surface area contributed by atoms with E-state index >= 15 is 0 Å². The highest BCUT2D eigenvalue weighted by atomic mass is 32.1. The lowest BCUT2D eigenvalue weighted by Crippen LogP contribution is -2.23. The molecule has 1 aromatic carbocycles. The standard InChI is InChI=1S/C18H17N3OS/c1-2-10-19-18(22)15-13-21(12-14-7-4-3-5-8-14)20-17(15)16-9-6-11-23-16/h2-9,11,13H,1,10,12H2,(H,19,22). The minimum absolute atomic E-state index is 0.132. The predicted octanol–water partition coefficient (Wildman–Crippen LogP) is 3.58. The molecule has 0 aliphatic carbocycles. The molecule has 1 amide bonds. The number of amides is 1. The molecule has 0 radical (unpaired) electrons. The van der Waals surface area contributed by atoms with Gasteiger partial charge in [0.25, 0.3) is 5.91 Å². The first-order valence-electron chi connectivity index (χ1n) is 7.32. The fraction of sp³-hybridized carbons (Fsp3) is 0.111. The zero-order valence-corrected chi connectivity index (χ0v) is 13.4. The van der Waals surface area contributed by atoms with Crippen molar-refractivity contribution in [2.45, 2.75) is 6.54 Å². The van der Waals surface area contributed by atoms with Gasteiger partial charge in [0, 0.05) is 12.7 Å². The van der Waals surface area contributed by atoms with Crippen LogP contribution in [0.2, 0.25) is 0 Å². The zero-order chi connectivity index (χ0) is 16.1. The molecule has 0 aliphatic rings. The Bertz CT molecular complexity index is 791. The van der Waals surface area contributed by atoms with Crippen LogP contribution in [0.3, 0.4) is 0 Å². The Labute approximate surface area is 139 Å². The molecule has 2 heterocycles. The number of hydrogen-bond acceptors (Lipinski definition) is 3. The molecular weight excluding hydrogens is 306 g/mol. The second kappa shape index (κ2) is 7.07. The van der Waals surface area contributed by atoms with Crippen molar-refractivity contribution in [3.8, 4) is 10.6 Å². The van der Waals surface area contributed by atoms with Crippen molar-refractivity contribution in [1.82, 2.24) is 15.1 Å². The van der Waals surface area contributed by atoms with Crippen molar-refractivity contribution in [3.63, 3.8) is 0 Å². The number of nitrogens with zero attached hydrogens (tertiary/aromatic N) is 2. The van der Waals surface area contributed by atoms with E-state index in [1.165, 1.54) is 0 Å². The largest absolute Gasteiger partial charge is 0.348 e. The molecule has 0 unspecified atom stereocenters. The third kappa shape index (κ3) is 3.57. The van der Waals surface area contributed by atoms with E-state index in [0.717, 1.165) is 16.1 Å². The van der Waals surface area contributed by atoms with Crippen LogP contribution in [0.25, 0.3) is 10.6 Å². The molecule has 0 fully saturated rings. The van der Waals surface area contributed by atoms with Crippen LogP contribution >= 0.6 is 11.3 Å². The molecule has 116 valence electrons. The highest BCUT2D eigenvalue weighted by Gasteiger charge is 2.18. The number of hydrogen-bond donors (Lipinski definition) is 1. The second-order valence-corrected chi connectivity index (χ2v) is 6.00. The lowest BCUT2D eigenvalue weighted by Gasteiger charge is -2.01. The third-order valence-electron chi connectivity index (χ3n) is 3.36. The molecule has 0 aliphatic heterocycles. The summed E-state index contributed by atoms with van der Waals surface area (Å²) in [5, 5.41) is 9.42. The van der Waals surface area contributed by atoms with Crippen LogP contribution in [-0.4, -0.2) is 22.2 Å². The van der Waals surface area contributed by atoms with Gasteiger partial charge in [-0.25, -0.2) is 0 Å². The number of carbonyl (C=O) groups excluding carboxylic acids is 1. The Kier molecular flexibility index (Phi) is 4.68. The number of nitrogens with one attached hydrogen (secondary N) is 1. The summed E-state index contributed by atoms with van der Waals surface area (Å²) in [6, 6.07) is 14.0. The van der Waals surface area contributed by atoms with Gasteiger partial charge in [-0.15, -0.1) is 17.9 Å². The molecule has 4 nitrogen and oxygen atoms in total. The fourth-order valence-electron chi connectivity index (χ4n) is 2.29. The van der Waals surface area contributed by atoms with Gasteiger partial charge < -0.3 is 5.32 Å². The SMILES string of the molecule is C=CCNC(=O)c1cn(Cc2ccccc2)nc1-c1cccs1. The van der Waals surface area contributed by atoms with Crippen LogP contribution < -0.4 is 5.32 Å². The molecule has 0 bridgehead atoms. The van der Waals surface area contributed by atoms with Gasteiger partial charge in [-0.05, 0) is 17.0 Å². The van der Waals surface area contributed by atoms with E-state index in [9.17, 15) is 4.79 Å². The lowest BCUT2D eigenvalue weighted by molar-refractivity contribution is 0.0958. The molecular formula is C18H17N3OS. The van der Waals surface area contributed by atoms with Crippen LogP contribution in [0.15, 0.2) is 66.7 Å². The Morgan fingerprint density at radius 3 is 2.78 bits per heavy atom. The Morgan fingerprint density at radius 2 is 2.09 bits per heavy atom. The average Bonchev–Trinajstić information content (AvgIpc) is 3.22. The van der Waals surface area contributed by atoms with Gasteiger partial charge in [-0.3, -0.25) is 9.48 Å². The summed E-state index contributed by atoms with van der Waals surface area (Å²) in [5.41, 5.74) is 2.45. The van der Waals surface area contributed by atoms with Crippen LogP contribution in [0, 0.1) is 0 Å². The monoisotopic (exact) mass is 323 g/mol. The van der Waals surface area contributed by atoms with E-state index in [0.29, 0.717) is 18.7 Å². The van der Waals surface area contributed by atoms with Crippen molar-refractivity contribution in [2.75, 3.05) is 6.54 Å². The maximum Gasteiger partial charge on any atom is 0.255 e. The highest BCUT2D eigenvalue weighted by molar-refractivity contribution is 7.13. The number of carbonyl (C=O) groups is 1. The molecule has 3 rings (SSSR count). The Hall–Kier alpha value is -2.66. The van der Waals surface area contributed by atoms with E-state index in [1.54, 1.807) is 23.6 Å². The van der Waals surface area contributed by atoms with Crippen LogP contribution in [0.1, 0.15) is 15.9 Å². The first-order chi connectivity index (χ1) is 11.3. The number of rotatable bonds is 6. The van der Waals surface area contributed by atoms with Crippen molar-refractivity contribution in [2.24, 2.45) is 0 Å². The van der Waals surface area contributed by atoms with Crippen molar-refractivity contribution in [3.05, 3.63) is 77.8 Å². The Morgan fingerprint density at radius 1 is 1.26 bits per heavy atom. The average molecular weight is 323 g/mol. The highest BCUT2D eigenvalue weighted by Crippen LogP contribution is 2.27. The summed E-state index contributed by atoms with van der Waals surface area (Å²) in [4.78, 5) is 13.4. The first kappa shape index (κ1) is 15.2. The van der Waals surface area contributed by atoms with Crippen LogP contribution in [0.4, 0.5) is 0 Å². The van der Waals surface area contributed by atoms with E-state index in [4.69, 9.17) is 0 Å². The van der Waals surface area contributed by atoms with E-state index in [2.05, 4.69) is 17.0 Å². The molecule has 0 saturated heterocycles. The summed E-state index contributed by atoms with van der Waals surface area (Å²) >= 11 is 1.58. The molecule has 23 heavy (non-hydrogen) atoms. The van der Waals surface area contributed by atoms with Gasteiger partial charge in [0.1, 0.15) is 5.69 Å². The van der Waals surface area contributed by atoms with Crippen LogP contribution in [-0.2, 0) is 6.54 Å². The summed E-state index contributed by atoms with van der Waals surface area (Å²) in [6.45, 7) is 4.70. The summed E-state index contributed by atoms with van der Waals surface area (Å²) < 4.78 is 1.81. The van der Waals surface area contributed by atoms with Gasteiger partial charge >= 0.3 is 0 Å². The smallest absolute Gasteiger partial charge is 0.255 e. The molecule has 5 heteroatoms. The van der Waals surface area contributed by atoms with Crippen molar-refractivity contribution < 1.29 is 4.79 Å². The molecule has 0 saturated carbocycles. The van der Waals surface area contributed by atoms with Gasteiger partial charge in [-0.1, -0.05) is 42.5 Å². The molecule has 0 spiro atoms. The minimum atomic E-state index is -0.132. The van der Waals surface area contributed by atoms with Crippen LogP contribution in [0.5, 0.6) is 0 Å². The number of thiophene rings is 1. The summed E-state index contributed by atoms with van der Waals surface area (Å²) in [5.74, 6) is -0.132. The lowest BCUT2D eigenvalue weighted by atomic mass is 10.2. The van der Waals surface area contributed by atoms with E-state index in [1.807, 2.05) is 52.5 Å². The quantitative estimate of drug-likeness (QED) is 0.705. The molecule has 0 atom stereocenters. The topological polar surface area (TPSA) is 46.9 Å². The van der Waals surface area contributed by atoms with Crippen molar-refractivity contribution >= 4 is 17.2 Å². The predicted molar refractivity (Wildman–Crippen MR) is 93.6 cm³/mol. The number of benzene rings is 1. The van der Waals surface area contributed by atoms with Gasteiger partial charge in [0.05, 0.1) is 17.0 Å². The maximum absolute atomic E-state index is 12.4. The van der Waals surface area contributed by atoms with Crippen molar-refractivity contribution in [1.29, 1.82) is 0 Å². The second-order valence-electron chi connectivity index (χ2n) is 5.05. The van der Waals surface area contributed by atoms with Gasteiger partial charge in [-0.2, -0.15) is 5.10 Å². The van der Waals surface area contributed by atoms with Gasteiger partial charge in [0.15, 0.2) is 0 Å². The minimum Gasteiger partial charge on any atom is -0.348 e.